The molecule has 1 N–H and O–H groups in total. The van der Waals surface area contributed by atoms with Crippen LogP contribution in [0.15, 0.2) is 0 Å². The number of rotatable bonds is 12. The fraction of sp³-hybridized carbons (Fsp3) is 0.941. The van der Waals surface area contributed by atoms with E-state index >= 15 is 0 Å². The van der Waals surface area contributed by atoms with E-state index in [-0.39, 0.29) is 0 Å². The van der Waals surface area contributed by atoms with Gasteiger partial charge in [0, 0.05) is 13.1 Å². The molecule has 0 rings (SSSR count). The van der Waals surface area contributed by atoms with Crippen molar-refractivity contribution in [3.63, 3.8) is 0 Å². The van der Waals surface area contributed by atoms with E-state index in [4.69, 9.17) is 0 Å². The molecule has 120 valence electrons. The van der Waals surface area contributed by atoms with Crippen molar-refractivity contribution < 1.29 is 9.90 Å². The molecule has 2 atom stereocenters. The highest BCUT2D eigenvalue weighted by molar-refractivity contribution is 5.64. The average molecular weight is 285 g/mol. The quantitative estimate of drug-likeness (QED) is 0.521. The van der Waals surface area contributed by atoms with Crippen molar-refractivity contribution in [2.24, 2.45) is 11.8 Å². The van der Waals surface area contributed by atoms with E-state index < -0.39 is 6.09 Å². The highest BCUT2D eigenvalue weighted by atomic mass is 16.4. The van der Waals surface area contributed by atoms with E-state index in [2.05, 4.69) is 27.7 Å². The van der Waals surface area contributed by atoms with E-state index in [0.717, 1.165) is 25.7 Å². The molecule has 3 heteroatoms. The highest BCUT2D eigenvalue weighted by Crippen LogP contribution is 2.18. The van der Waals surface area contributed by atoms with Crippen molar-refractivity contribution in [3.05, 3.63) is 0 Å². The fourth-order valence-electron chi connectivity index (χ4n) is 2.69. The third-order valence-electron chi connectivity index (χ3n) is 4.31. The van der Waals surface area contributed by atoms with Gasteiger partial charge in [0.25, 0.3) is 0 Å². The summed E-state index contributed by atoms with van der Waals surface area (Å²) < 4.78 is 0. The van der Waals surface area contributed by atoms with Crippen LogP contribution in [0.25, 0.3) is 0 Å². The van der Waals surface area contributed by atoms with Crippen LogP contribution in [-0.2, 0) is 0 Å². The van der Waals surface area contributed by atoms with Crippen molar-refractivity contribution in [1.82, 2.24) is 4.90 Å². The first-order valence-electron chi connectivity index (χ1n) is 8.56. The first-order valence-corrected chi connectivity index (χ1v) is 8.56. The lowest BCUT2D eigenvalue weighted by Crippen LogP contribution is -2.38. The van der Waals surface area contributed by atoms with Gasteiger partial charge in [-0.2, -0.15) is 0 Å². The lowest BCUT2D eigenvalue weighted by atomic mass is 9.96. The van der Waals surface area contributed by atoms with Crippen LogP contribution in [0.1, 0.15) is 79.1 Å². The summed E-state index contributed by atoms with van der Waals surface area (Å²) in [7, 11) is 0. The standard InChI is InChI=1S/C17H35NO2/c1-5-9-11-15(7-3)13-18(17(19)20)14-16(8-4)12-10-6-2/h15-16H,5-14H2,1-4H3,(H,19,20). The molecular weight excluding hydrogens is 250 g/mol. The lowest BCUT2D eigenvalue weighted by molar-refractivity contribution is 0.123. The predicted octanol–water partition coefficient (Wildman–Crippen LogP) is 5.40. The molecule has 0 heterocycles. The highest BCUT2D eigenvalue weighted by Gasteiger charge is 2.20. The van der Waals surface area contributed by atoms with Crippen molar-refractivity contribution in [1.29, 1.82) is 0 Å². The summed E-state index contributed by atoms with van der Waals surface area (Å²) >= 11 is 0. The Labute approximate surface area is 125 Å². The van der Waals surface area contributed by atoms with Gasteiger partial charge in [0.15, 0.2) is 0 Å². The Morgan fingerprint density at radius 3 is 1.55 bits per heavy atom. The van der Waals surface area contributed by atoms with Crippen molar-refractivity contribution >= 4 is 6.09 Å². The minimum Gasteiger partial charge on any atom is -0.465 e. The summed E-state index contributed by atoms with van der Waals surface area (Å²) in [5, 5.41) is 9.44. The summed E-state index contributed by atoms with van der Waals surface area (Å²) in [5.74, 6) is 1.05. The first-order chi connectivity index (χ1) is 9.58. The van der Waals surface area contributed by atoms with Crippen LogP contribution in [0.4, 0.5) is 4.79 Å². The zero-order valence-electron chi connectivity index (χ0n) is 14.0. The SMILES string of the molecule is CCCCC(CC)CN(CC(CC)CCCC)C(=O)O. The molecule has 0 saturated carbocycles. The van der Waals surface area contributed by atoms with E-state index in [1.807, 2.05) is 0 Å². The Hall–Kier alpha value is -0.730. The Morgan fingerprint density at radius 1 is 0.900 bits per heavy atom. The van der Waals surface area contributed by atoms with Gasteiger partial charge in [0.1, 0.15) is 0 Å². The molecule has 0 aliphatic heterocycles. The molecule has 0 aromatic carbocycles. The third-order valence-corrected chi connectivity index (χ3v) is 4.31. The van der Waals surface area contributed by atoms with Crippen molar-refractivity contribution in [3.8, 4) is 0 Å². The van der Waals surface area contributed by atoms with Crippen molar-refractivity contribution in [2.75, 3.05) is 13.1 Å². The average Bonchev–Trinajstić information content (AvgIpc) is 2.45. The van der Waals surface area contributed by atoms with Crippen LogP contribution in [0.2, 0.25) is 0 Å². The number of amides is 1. The molecule has 3 nitrogen and oxygen atoms in total. The first kappa shape index (κ1) is 19.3. The second-order valence-corrected chi connectivity index (χ2v) is 6.02. The Kier molecular flexibility index (Phi) is 11.6. The van der Waals surface area contributed by atoms with Gasteiger partial charge < -0.3 is 10.0 Å². The van der Waals surface area contributed by atoms with Crippen LogP contribution < -0.4 is 0 Å². The molecule has 1 amide bonds. The summed E-state index contributed by atoms with van der Waals surface area (Å²) in [5.41, 5.74) is 0. The van der Waals surface area contributed by atoms with Crippen LogP contribution in [0, 0.1) is 11.8 Å². The van der Waals surface area contributed by atoms with Gasteiger partial charge in [0.05, 0.1) is 0 Å². The summed E-state index contributed by atoms with van der Waals surface area (Å²) in [4.78, 5) is 13.2. The van der Waals surface area contributed by atoms with Crippen molar-refractivity contribution in [2.45, 2.75) is 79.1 Å². The molecule has 0 saturated heterocycles. The molecule has 0 aromatic rings. The van der Waals surface area contributed by atoms with Gasteiger partial charge in [-0.05, 0) is 24.7 Å². The zero-order valence-corrected chi connectivity index (χ0v) is 14.0. The maximum atomic E-state index is 11.5. The maximum absolute atomic E-state index is 11.5. The molecule has 0 aliphatic rings. The largest absolute Gasteiger partial charge is 0.465 e. The van der Waals surface area contributed by atoms with Gasteiger partial charge >= 0.3 is 6.09 Å². The molecule has 0 aliphatic carbocycles. The zero-order chi connectivity index (χ0) is 15.4. The van der Waals surface area contributed by atoms with E-state index in [0.29, 0.717) is 24.9 Å². The summed E-state index contributed by atoms with van der Waals surface area (Å²) in [6.45, 7) is 10.2. The number of carbonyl (C=O) groups is 1. The Bertz CT molecular complexity index is 225. The maximum Gasteiger partial charge on any atom is 0.407 e. The van der Waals surface area contributed by atoms with Gasteiger partial charge in [-0.1, -0.05) is 66.2 Å². The number of hydrogen-bond acceptors (Lipinski definition) is 1. The van der Waals surface area contributed by atoms with Gasteiger partial charge in [-0.25, -0.2) is 4.79 Å². The normalized spacial score (nSPS) is 14.0. The molecule has 0 spiro atoms. The fourth-order valence-corrected chi connectivity index (χ4v) is 2.69. The van der Waals surface area contributed by atoms with E-state index in [1.165, 1.54) is 25.7 Å². The minimum absolute atomic E-state index is 0.523. The molecule has 20 heavy (non-hydrogen) atoms. The second-order valence-electron chi connectivity index (χ2n) is 6.02. The number of carboxylic acid groups (broad SMARTS) is 1. The van der Waals surface area contributed by atoms with E-state index in [1.54, 1.807) is 4.90 Å². The van der Waals surface area contributed by atoms with Crippen LogP contribution in [0.5, 0.6) is 0 Å². The monoisotopic (exact) mass is 285 g/mol. The van der Waals surface area contributed by atoms with Crippen LogP contribution in [-0.4, -0.2) is 29.2 Å². The molecular formula is C17H35NO2. The van der Waals surface area contributed by atoms with Crippen LogP contribution in [0.3, 0.4) is 0 Å². The number of unbranched alkanes of at least 4 members (excludes halogenated alkanes) is 2. The Morgan fingerprint density at radius 2 is 1.30 bits per heavy atom. The summed E-state index contributed by atoms with van der Waals surface area (Å²) in [6.07, 6.45) is 8.53. The summed E-state index contributed by atoms with van der Waals surface area (Å²) in [6, 6.07) is 0. The third kappa shape index (κ3) is 8.44. The number of hydrogen-bond donors (Lipinski definition) is 1. The Balaban J connectivity index is 4.41. The van der Waals surface area contributed by atoms with E-state index in [9.17, 15) is 9.90 Å². The minimum atomic E-state index is -0.741. The molecule has 0 fully saturated rings. The van der Waals surface area contributed by atoms with Gasteiger partial charge in [0.2, 0.25) is 0 Å². The van der Waals surface area contributed by atoms with Gasteiger partial charge in [-0.15, -0.1) is 0 Å². The van der Waals surface area contributed by atoms with Gasteiger partial charge in [-0.3, -0.25) is 0 Å². The molecule has 2 unspecified atom stereocenters. The molecule has 0 radical (unpaired) electrons. The second kappa shape index (κ2) is 12.0. The molecule has 0 bridgehead atoms. The topological polar surface area (TPSA) is 40.5 Å². The molecule has 0 aromatic heterocycles. The van der Waals surface area contributed by atoms with Crippen LogP contribution >= 0.6 is 0 Å². The predicted molar refractivity (Wildman–Crippen MR) is 86.2 cm³/mol. The smallest absolute Gasteiger partial charge is 0.407 e. The number of nitrogens with zero attached hydrogens (tertiary/aromatic N) is 1. The lowest BCUT2D eigenvalue weighted by Gasteiger charge is -2.28.